The highest BCUT2D eigenvalue weighted by atomic mass is 35.5. The van der Waals surface area contributed by atoms with Crippen molar-refractivity contribution >= 4 is 17.4 Å². The molecule has 0 spiro atoms. The molecule has 0 bridgehead atoms. The number of aliphatic hydroxyl groups is 1. The molecule has 0 fully saturated rings. The van der Waals surface area contributed by atoms with Gasteiger partial charge in [-0.15, -0.1) is 0 Å². The molecular weight excluding hydrogens is 252 g/mol. The molecule has 2 N–H and O–H groups in total. The van der Waals surface area contributed by atoms with Crippen LogP contribution in [-0.2, 0) is 7.05 Å². The molecule has 5 nitrogen and oxygen atoms in total. The molecule has 2 heterocycles. The van der Waals surface area contributed by atoms with Gasteiger partial charge in [0.05, 0.1) is 17.3 Å². The van der Waals surface area contributed by atoms with E-state index >= 15 is 0 Å². The van der Waals surface area contributed by atoms with Gasteiger partial charge in [-0.1, -0.05) is 11.6 Å². The normalized spacial score (nSPS) is 12.4. The maximum Gasteiger partial charge on any atom is 0.135 e. The van der Waals surface area contributed by atoms with E-state index in [-0.39, 0.29) is 12.6 Å². The number of anilines is 1. The second-order valence-corrected chi connectivity index (χ2v) is 4.59. The molecule has 0 aliphatic heterocycles. The van der Waals surface area contributed by atoms with E-state index in [4.69, 9.17) is 16.7 Å². The first kappa shape index (κ1) is 12.9. The lowest BCUT2D eigenvalue weighted by molar-refractivity contribution is 0.281. The highest BCUT2D eigenvalue weighted by molar-refractivity contribution is 6.30. The molecule has 0 radical (unpaired) electrons. The van der Waals surface area contributed by atoms with Crippen LogP contribution in [0.2, 0.25) is 5.02 Å². The van der Waals surface area contributed by atoms with Gasteiger partial charge in [0.15, 0.2) is 0 Å². The Balaban J connectivity index is 2.40. The molecule has 0 amide bonds. The minimum absolute atomic E-state index is 0.0337. The van der Waals surface area contributed by atoms with Gasteiger partial charge in [0, 0.05) is 31.0 Å². The molecular formula is C12H15ClN4O. The first-order valence-corrected chi connectivity index (χ1v) is 6.01. The summed E-state index contributed by atoms with van der Waals surface area (Å²) in [6, 6.07) is 3.62. The van der Waals surface area contributed by atoms with Gasteiger partial charge in [-0.3, -0.25) is 4.68 Å². The predicted octanol–water partition coefficient (Wildman–Crippen LogP) is 1.93. The van der Waals surface area contributed by atoms with Crippen molar-refractivity contribution in [2.45, 2.75) is 13.0 Å². The van der Waals surface area contributed by atoms with E-state index in [1.165, 1.54) is 0 Å². The molecule has 96 valence electrons. The number of halogens is 1. The Morgan fingerprint density at radius 1 is 1.56 bits per heavy atom. The molecule has 1 atom stereocenters. The third-order valence-corrected chi connectivity index (χ3v) is 2.71. The highest BCUT2D eigenvalue weighted by Gasteiger charge is 2.12. The summed E-state index contributed by atoms with van der Waals surface area (Å²) in [6.07, 6.45) is 3.43. The Kier molecular flexibility index (Phi) is 3.84. The average molecular weight is 267 g/mol. The van der Waals surface area contributed by atoms with Gasteiger partial charge in [0.1, 0.15) is 5.82 Å². The smallest absolute Gasteiger partial charge is 0.135 e. The second kappa shape index (κ2) is 5.37. The first-order chi connectivity index (χ1) is 8.60. The van der Waals surface area contributed by atoms with Gasteiger partial charge >= 0.3 is 0 Å². The number of hydrogen-bond acceptors (Lipinski definition) is 4. The van der Waals surface area contributed by atoms with Gasteiger partial charge in [-0.25, -0.2) is 4.98 Å². The van der Waals surface area contributed by atoms with E-state index in [1.54, 1.807) is 10.9 Å². The molecule has 18 heavy (non-hydrogen) atoms. The van der Waals surface area contributed by atoms with Crippen LogP contribution in [0.3, 0.4) is 0 Å². The minimum Gasteiger partial charge on any atom is -0.394 e. The lowest BCUT2D eigenvalue weighted by Crippen LogP contribution is -2.20. The van der Waals surface area contributed by atoms with Crippen LogP contribution in [0.15, 0.2) is 24.5 Å². The van der Waals surface area contributed by atoms with E-state index < -0.39 is 0 Å². The number of aromatic nitrogens is 3. The largest absolute Gasteiger partial charge is 0.394 e. The summed E-state index contributed by atoms with van der Waals surface area (Å²) in [5.41, 5.74) is 1.61. The van der Waals surface area contributed by atoms with Crippen LogP contribution in [0.4, 0.5) is 5.82 Å². The van der Waals surface area contributed by atoms with Gasteiger partial charge in [0.25, 0.3) is 0 Å². The van der Waals surface area contributed by atoms with Crippen molar-refractivity contribution in [3.8, 4) is 11.3 Å². The number of aliphatic hydroxyl groups excluding tert-OH is 1. The molecule has 0 saturated heterocycles. The number of nitrogens with one attached hydrogen (secondary N) is 1. The molecule has 2 rings (SSSR count). The van der Waals surface area contributed by atoms with Crippen LogP contribution < -0.4 is 5.32 Å². The fourth-order valence-corrected chi connectivity index (χ4v) is 1.75. The summed E-state index contributed by atoms with van der Waals surface area (Å²) in [6.45, 7) is 1.91. The predicted molar refractivity (Wildman–Crippen MR) is 71.6 cm³/mol. The summed E-state index contributed by atoms with van der Waals surface area (Å²) < 4.78 is 1.72. The molecule has 2 aromatic rings. The average Bonchev–Trinajstić information content (AvgIpc) is 2.78. The van der Waals surface area contributed by atoms with E-state index in [0.717, 1.165) is 11.3 Å². The summed E-state index contributed by atoms with van der Waals surface area (Å²) in [4.78, 5) is 4.25. The van der Waals surface area contributed by atoms with Gasteiger partial charge in [-0.2, -0.15) is 5.10 Å². The standard InChI is InChI=1S/C12H15ClN4O/c1-8(7-18)15-12-10(5-9(13)6-14-12)11-3-4-17(2)16-11/h3-6,8,18H,7H2,1-2H3,(H,14,15)/t8-/m0/s1. The van der Waals surface area contributed by atoms with E-state index in [1.807, 2.05) is 32.3 Å². The van der Waals surface area contributed by atoms with Crippen molar-refractivity contribution in [3.63, 3.8) is 0 Å². The fourth-order valence-electron chi connectivity index (χ4n) is 1.59. The van der Waals surface area contributed by atoms with Crippen molar-refractivity contribution < 1.29 is 5.11 Å². The SMILES string of the molecule is C[C@@H](CO)Nc1ncc(Cl)cc1-c1ccn(C)n1. The van der Waals surface area contributed by atoms with Gasteiger partial charge in [0.2, 0.25) is 0 Å². The van der Waals surface area contributed by atoms with Crippen LogP contribution >= 0.6 is 11.6 Å². The first-order valence-electron chi connectivity index (χ1n) is 5.63. The van der Waals surface area contributed by atoms with Gasteiger partial charge in [-0.05, 0) is 19.1 Å². The fraction of sp³-hybridized carbons (Fsp3) is 0.333. The molecule has 0 unspecified atom stereocenters. The lowest BCUT2D eigenvalue weighted by Gasteiger charge is -2.14. The zero-order chi connectivity index (χ0) is 13.1. The van der Waals surface area contributed by atoms with Crippen LogP contribution in [0.25, 0.3) is 11.3 Å². The Hall–Kier alpha value is -1.59. The number of hydrogen-bond donors (Lipinski definition) is 2. The maximum absolute atomic E-state index is 9.08. The van der Waals surface area contributed by atoms with Gasteiger partial charge < -0.3 is 10.4 Å². The zero-order valence-electron chi connectivity index (χ0n) is 10.3. The monoisotopic (exact) mass is 266 g/mol. The highest BCUT2D eigenvalue weighted by Crippen LogP contribution is 2.27. The van der Waals surface area contributed by atoms with Crippen LogP contribution in [0, 0.1) is 0 Å². The molecule has 0 aromatic carbocycles. The van der Waals surface area contributed by atoms with E-state index in [2.05, 4.69) is 15.4 Å². The molecule has 0 aliphatic carbocycles. The third kappa shape index (κ3) is 2.80. The molecule has 0 saturated carbocycles. The van der Waals surface area contributed by atoms with Crippen LogP contribution in [-0.4, -0.2) is 32.5 Å². The summed E-state index contributed by atoms with van der Waals surface area (Å²) in [5.74, 6) is 0.666. The van der Waals surface area contributed by atoms with Crippen LogP contribution in [0.1, 0.15) is 6.92 Å². The molecule has 0 aliphatic rings. The van der Waals surface area contributed by atoms with E-state index in [9.17, 15) is 0 Å². The van der Waals surface area contributed by atoms with Crippen molar-refractivity contribution in [3.05, 3.63) is 29.5 Å². The Morgan fingerprint density at radius 3 is 2.94 bits per heavy atom. The Morgan fingerprint density at radius 2 is 2.33 bits per heavy atom. The molecule has 2 aromatic heterocycles. The maximum atomic E-state index is 9.08. The quantitative estimate of drug-likeness (QED) is 0.888. The van der Waals surface area contributed by atoms with E-state index in [0.29, 0.717) is 10.8 Å². The number of pyridine rings is 1. The zero-order valence-corrected chi connectivity index (χ0v) is 11.0. The van der Waals surface area contributed by atoms with Crippen molar-refractivity contribution in [1.29, 1.82) is 0 Å². The minimum atomic E-state index is -0.0823. The Bertz CT molecular complexity index is 541. The summed E-state index contributed by atoms with van der Waals surface area (Å²) in [7, 11) is 1.85. The summed E-state index contributed by atoms with van der Waals surface area (Å²) >= 11 is 5.97. The van der Waals surface area contributed by atoms with Crippen molar-refractivity contribution in [2.75, 3.05) is 11.9 Å². The molecule has 6 heteroatoms. The van der Waals surface area contributed by atoms with Crippen molar-refractivity contribution in [2.24, 2.45) is 7.05 Å². The lowest BCUT2D eigenvalue weighted by atomic mass is 10.2. The third-order valence-electron chi connectivity index (χ3n) is 2.50. The Labute approximate surface area is 110 Å². The number of nitrogens with zero attached hydrogens (tertiary/aromatic N) is 3. The number of aryl methyl sites for hydroxylation is 1. The summed E-state index contributed by atoms with van der Waals surface area (Å²) in [5, 5.41) is 17.1. The number of rotatable bonds is 4. The topological polar surface area (TPSA) is 63.0 Å². The van der Waals surface area contributed by atoms with Crippen LogP contribution in [0.5, 0.6) is 0 Å². The second-order valence-electron chi connectivity index (χ2n) is 4.15. The van der Waals surface area contributed by atoms with Crippen molar-refractivity contribution in [1.82, 2.24) is 14.8 Å².